The Hall–Kier alpha value is -1.62. The molecule has 0 amide bonds. The van der Waals surface area contributed by atoms with E-state index >= 15 is 0 Å². The number of methoxy groups -OCH3 is 2. The van der Waals surface area contributed by atoms with E-state index in [9.17, 15) is 14.7 Å². The van der Waals surface area contributed by atoms with Crippen molar-refractivity contribution in [1.82, 2.24) is 0 Å². The third-order valence-electron chi connectivity index (χ3n) is 5.79. The fraction of sp³-hybridized carbons (Fsp3) is 0.750. The minimum absolute atomic E-state index is 0.136. The van der Waals surface area contributed by atoms with Crippen LogP contribution >= 0.6 is 0 Å². The second-order valence-corrected chi connectivity index (χ2v) is 9.11. The first-order valence-corrected chi connectivity index (χ1v) is 10.6. The summed E-state index contributed by atoms with van der Waals surface area (Å²) in [5.74, 6) is -2.43. The van der Waals surface area contributed by atoms with Crippen molar-refractivity contribution in [2.75, 3.05) is 14.2 Å². The number of rotatable bonds is 6. The molecule has 0 saturated heterocycles. The van der Waals surface area contributed by atoms with Crippen LogP contribution in [0.2, 0.25) is 0 Å². The van der Waals surface area contributed by atoms with Crippen LogP contribution in [-0.2, 0) is 19.1 Å². The van der Waals surface area contributed by atoms with Crippen molar-refractivity contribution in [2.45, 2.75) is 80.8 Å². The molecule has 1 aliphatic rings. The Kier molecular flexibility index (Phi) is 10.9. The van der Waals surface area contributed by atoms with E-state index in [0.717, 1.165) is 18.4 Å². The Bertz CT molecular complexity index is 607. The smallest absolute Gasteiger partial charge is 0.313 e. The molecule has 1 N–H and O–H groups in total. The largest absolute Gasteiger partial charge is 0.469 e. The molecule has 3 unspecified atom stereocenters. The number of ether oxygens (including phenoxy) is 2. The van der Waals surface area contributed by atoms with Gasteiger partial charge in [0.2, 0.25) is 0 Å². The van der Waals surface area contributed by atoms with Crippen molar-refractivity contribution in [2.24, 2.45) is 22.7 Å². The number of aliphatic hydroxyl groups is 1. The number of hydrogen-bond donors (Lipinski definition) is 1. The number of hydrogen-bond acceptors (Lipinski definition) is 5. The Morgan fingerprint density at radius 3 is 2.07 bits per heavy atom. The van der Waals surface area contributed by atoms with Crippen LogP contribution in [0.5, 0.6) is 0 Å². The van der Waals surface area contributed by atoms with Gasteiger partial charge in [0, 0.05) is 0 Å². The summed E-state index contributed by atoms with van der Waals surface area (Å²) in [6.45, 7) is 16.8. The van der Waals surface area contributed by atoms with Gasteiger partial charge in [0.05, 0.1) is 32.2 Å². The maximum Gasteiger partial charge on any atom is 0.313 e. The standard InChI is InChI=1S/C22H36O5.C2H6/c1-14(21(2,3)4)10-9-11-22(5,6)17-12-15(19(24)26-7)16(13-18(17)23)20(25)27-8;1-2/h10,12,15-16,18,23H,9,11,13H2,1-8H3;1-2H3/b14-10+;. The Morgan fingerprint density at radius 2 is 1.62 bits per heavy atom. The molecule has 1 rings (SSSR count). The maximum absolute atomic E-state index is 12.2. The first-order valence-electron chi connectivity index (χ1n) is 10.6. The quantitative estimate of drug-likeness (QED) is 0.488. The van der Waals surface area contributed by atoms with Gasteiger partial charge in [0.15, 0.2) is 0 Å². The van der Waals surface area contributed by atoms with Gasteiger partial charge >= 0.3 is 11.9 Å². The highest BCUT2D eigenvalue weighted by Crippen LogP contribution is 2.42. The first kappa shape index (κ1) is 27.4. The van der Waals surface area contributed by atoms with E-state index in [1.165, 1.54) is 19.8 Å². The zero-order chi connectivity index (χ0) is 23.0. The van der Waals surface area contributed by atoms with Gasteiger partial charge < -0.3 is 14.6 Å². The summed E-state index contributed by atoms with van der Waals surface area (Å²) in [7, 11) is 2.59. The van der Waals surface area contributed by atoms with Gasteiger partial charge in [-0.25, -0.2) is 0 Å². The highest BCUT2D eigenvalue weighted by molar-refractivity contribution is 5.84. The van der Waals surface area contributed by atoms with Gasteiger partial charge in [-0.2, -0.15) is 0 Å². The third kappa shape index (κ3) is 7.61. The molecule has 5 heteroatoms. The predicted octanol–water partition coefficient (Wildman–Crippen LogP) is 5.08. The van der Waals surface area contributed by atoms with Crippen molar-refractivity contribution in [3.63, 3.8) is 0 Å². The van der Waals surface area contributed by atoms with Crippen LogP contribution in [0.3, 0.4) is 0 Å². The average Bonchev–Trinajstić information content (AvgIpc) is 2.66. The van der Waals surface area contributed by atoms with Crippen molar-refractivity contribution in [1.29, 1.82) is 0 Å². The molecule has 0 aromatic rings. The molecular weight excluding hydrogens is 368 g/mol. The summed E-state index contributed by atoms with van der Waals surface area (Å²) in [4.78, 5) is 24.3. The zero-order valence-electron chi connectivity index (χ0n) is 20.1. The van der Waals surface area contributed by atoms with E-state index in [1.807, 2.05) is 13.8 Å². The molecule has 0 aliphatic heterocycles. The molecule has 0 saturated carbocycles. The summed E-state index contributed by atoms with van der Waals surface area (Å²) in [5, 5.41) is 10.7. The molecule has 1 aliphatic carbocycles. The Morgan fingerprint density at radius 1 is 1.10 bits per heavy atom. The molecule has 0 bridgehead atoms. The van der Waals surface area contributed by atoms with Crippen LogP contribution in [0.4, 0.5) is 0 Å². The first-order chi connectivity index (χ1) is 13.3. The number of esters is 2. The average molecular weight is 411 g/mol. The lowest BCUT2D eigenvalue weighted by molar-refractivity contribution is -0.157. The molecule has 29 heavy (non-hydrogen) atoms. The summed E-state index contributed by atoms with van der Waals surface area (Å²) in [5.41, 5.74) is 1.95. The van der Waals surface area contributed by atoms with Crippen LogP contribution in [0.1, 0.15) is 74.7 Å². The summed E-state index contributed by atoms with van der Waals surface area (Å²) >= 11 is 0. The van der Waals surface area contributed by atoms with Crippen LogP contribution in [0.15, 0.2) is 23.3 Å². The fourth-order valence-electron chi connectivity index (χ4n) is 3.47. The number of carbonyl (C=O) groups excluding carboxylic acids is 2. The van der Waals surface area contributed by atoms with E-state index < -0.39 is 29.9 Å². The van der Waals surface area contributed by atoms with Crippen molar-refractivity contribution in [3.05, 3.63) is 23.3 Å². The van der Waals surface area contributed by atoms with Gasteiger partial charge in [0.25, 0.3) is 0 Å². The fourth-order valence-corrected chi connectivity index (χ4v) is 3.47. The summed E-state index contributed by atoms with van der Waals surface area (Å²) in [6.07, 6.45) is 5.06. The maximum atomic E-state index is 12.2. The van der Waals surface area contributed by atoms with Crippen LogP contribution < -0.4 is 0 Å². The van der Waals surface area contributed by atoms with Gasteiger partial charge in [-0.05, 0) is 42.6 Å². The van der Waals surface area contributed by atoms with Gasteiger partial charge in [-0.1, -0.05) is 66.2 Å². The van der Waals surface area contributed by atoms with E-state index in [4.69, 9.17) is 9.47 Å². The minimum atomic E-state index is -0.780. The number of allylic oxidation sites excluding steroid dienone is 2. The van der Waals surface area contributed by atoms with Crippen LogP contribution in [0.25, 0.3) is 0 Å². The van der Waals surface area contributed by atoms with E-state index in [0.29, 0.717) is 0 Å². The highest BCUT2D eigenvalue weighted by Gasteiger charge is 2.43. The van der Waals surface area contributed by atoms with Crippen molar-refractivity contribution < 1.29 is 24.2 Å². The zero-order valence-corrected chi connectivity index (χ0v) is 20.1. The van der Waals surface area contributed by atoms with Gasteiger partial charge in [-0.3, -0.25) is 9.59 Å². The lowest BCUT2D eigenvalue weighted by atomic mass is 9.69. The molecule has 168 valence electrons. The second-order valence-electron chi connectivity index (χ2n) is 9.11. The molecule has 3 atom stereocenters. The lowest BCUT2D eigenvalue weighted by Gasteiger charge is -2.38. The molecule has 0 fully saturated rings. The molecule has 0 heterocycles. The monoisotopic (exact) mass is 410 g/mol. The van der Waals surface area contributed by atoms with Crippen LogP contribution in [0, 0.1) is 22.7 Å². The molecule has 0 aromatic heterocycles. The van der Waals surface area contributed by atoms with Crippen molar-refractivity contribution in [3.8, 4) is 0 Å². The minimum Gasteiger partial charge on any atom is -0.469 e. The predicted molar refractivity (Wildman–Crippen MR) is 117 cm³/mol. The lowest BCUT2D eigenvalue weighted by Crippen LogP contribution is -2.40. The van der Waals surface area contributed by atoms with E-state index in [2.05, 4.69) is 47.6 Å². The highest BCUT2D eigenvalue weighted by atomic mass is 16.5. The van der Waals surface area contributed by atoms with Gasteiger partial charge in [-0.15, -0.1) is 0 Å². The molecule has 0 aromatic carbocycles. The molecule has 0 spiro atoms. The topological polar surface area (TPSA) is 72.8 Å². The molecule has 5 nitrogen and oxygen atoms in total. The van der Waals surface area contributed by atoms with Crippen molar-refractivity contribution >= 4 is 11.9 Å². The normalized spacial score (nSPS) is 22.8. The van der Waals surface area contributed by atoms with E-state index in [-0.39, 0.29) is 17.3 Å². The Labute approximate surface area is 177 Å². The Balaban J connectivity index is 0.00000379. The second kappa shape index (κ2) is 11.5. The summed E-state index contributed by atoms with van der Waals surface area (Å²) < 4.78 is 9.69. The number of carbonyl (C=O) groups is 2. The van der Waals surface area contributed by atoms with E-state index in [1.54, 1.807) is 6.08 Å². The number of aliphatic hydroxyl groups excluding tert-OH is 1. The van der Waals surface area contributed by atoms with Gasteiger partial charge in [0.1, 0.15) is 0 Å². The molecule has 0 radical (unpaired) electrons. The molecular formula is C24H42O5. The van der Waals surface area contributed by atoms with Crippen LogP contribution in [-0.4, -0.2) is 37.4 Å². The third-order valence-corrected chi connectivity index (χ3v) is 5.79. The summed E-state index contributed by atoms with van der Waals surface area (Å²) in [6, 6.07) is 0. The SMILES string of the molecule is CC.COC(=O)C1C=C(C(C)(C)CC/C=C(\C)C(C)(C)C)C(O)CC1C(=O)OC.